The van der Waals surface area contributed by atoms with Crippen molar-refractivity contribution in [2.24, 2.45) is 0 Å². The van der Waals surface area contributed by atoms with E-state index in [-0.39, 0.29) is 23.8 Å². The Morgan fingerprint density at radius 2 is 1.85 bits per heavy atom. The van der Waals surface area contributed by atoms with Crippen LogP contribution in [0.1, 0.15) is 35.0 Å². The number of nitrogens with zero attached hydrogens (tertiary/aromatic N) is 1. The maximum absolute atomic E-state index is 13.0. The molecule has 0 aliphatic rings. The lowest BCUT2D eigenvalue weighted by atomic mass is 10.1. The molecule has 27 heavy (non-hydrogen) atoms. The second kappa shape index (κ2) is 9.42. The van der Waals surface area contributed by atoms with Gasteiger partial charge in [-0.2, -0.15) is 0 Å². The lowest BCUT2D eigenvalue weighted by molar-refractivity contribution is -0.145. The molecule has 1 heterocycles. The van der Waals surface area contributed by atoms with E-state index in [0.717, 1.165) is 5.56 Å². The fourth-order valence-corrected chi connectivity index (χ4v) is 2.33. The molecule has 2 aromatic rings. The molecule has 0 unspecified atom stereocenters. The number of methoxy groups -OCH3 is 1. The highest BCUT2D eigenvalue weighted by Crippen LogP contribution is 2.19. The van der Waals surface area contributed by atoms with Crippen LogP contribution >= 0.6 is 0 Å². The highest BCUT2D eigenvalue weighted by Gasteiger charge is 2.18. The first kappa shape index (κ1) is 20.0. The summed E-state index contributed by atoms with van der Waals surface area (Å²) in [6.07, 6.45) is 1.39. The second-order valence-corrected chi connectivity index (χ2v) is 5.56. The van der Waals surface area contributed by atoms with Crippen molar-refractivity contribution in [2.75, 3.05) is 19.0 Å². The van der Waals surface area contributed by atoms with Crippen LogP contribution in [0.3, 0.4) is 0 Å². The molecule has 0 saturated heterocycles. The lowest BCUT2D eigenvalue weighted by Crippen LogP contribution is -2.20. The van der Waals surface area contributed by atoms with E-state index in [2.05, 4.69) is 15.0 Å². The molecular weight excluding hydrogens is 355 g/mol. The molecule has 2 rings (SSSR count). The van der Waals surface area contributed by atoms with Gasteiger partial charge in [-0.3, -0.25) is 9.59 Å². The summed E-state index contributed by atoms with van der Waals surface area (Å²) >= 11 is 0. The van der Waals surface area contributed by atoms with Crippen molar-refractivity contribution in [1.82, 2.24) is 4.98 Å². The van der Waals surface area contributed by atoms with Crippen molar-refractivity contribution < 1.29 is 28.2 Å². The SMILES string of the molecule is CCOC(=O)CC(=O)Nc1cc(Cc2ccc(F)cc2)cnc1C(=O)OC. The van der Waals surface area contributed by atoms with E-state index in [9.17, 15) is 18.8 Å². The highest BCUT2D eigenvalue weighted by atomic mass is 19.1. The van der Waals surface area contributed by atoms with E-state index in [1.165, 1.54) is 25.4 Å². The van der Waals surface area contributed by atoms with Crippen LogP contribution in [0.25, 0.3) is 0 Å². The zero-order valence-electron chi connectivity index (χ0n) is 15.0. The molecule has 1 amide bonds. The molecule has 1 N–H and O–H groups in total. The molecule has 0 atom stereocenters. The third-order valence-electron chi connectivity index (χ3n) is 3.53. The van der Waals surface area contributed by atoms with Gasteiger partial charge in [0.25, 0.3) is 0 Å². The number of benzene rings is 1. The van der Waals surface area contributed by atoms with Gasteiger partial charge < -0.3 is 14.8 Å². The summed E-state index contributed by atoms with van der Waals surface area (Å²) in [6, 6.07) is 7.50. The number of halogens is 1. The molecule has 0 radical (unpaired) electrons. The molecule has 0 fully saturated rings. The maximum Gasteiger partial charge on any atom is 0.358 e. The minimum absolute atomic E-state index is 0.0856. The Bertz CT molecular complexity index is 836. The average molecular weight is 374 g/mol. The largest absolute Gasteiger partial charge is 0.466 e. The van der Waals surface area contributed by atoms with E-state index in [0.29, 0.717) is 12.0 Å². The maximum atomic E-state index is 13.0. The first-order chi connectivity index (χ1) is 12.9. The third kappa shape index (κ3) is 5.88. The van der Waals surface area contributed by atoms with Crippen LogP contribution < -0.4 is 5.32 Å². The molecular formula is C19H19FN2O5. The summed E-state index contributed by atoms with van der Waals surface area (Å²) in [5, 5.41) is 2.49. The van der Waals surface area contributed by atoms with E-state index in [4.69, 9.17) is 4.74 Å². The van der Waals surface area contributed by atoms with Gasteiger partial charge in [0.05, 0.1) is 19.4 Å². The number of hydrogen-bond donors (Lipinski definition) is 1. The minimum Gasteiger partial charge on any atom is -0.466 e. The van der Waals surface area contributed by atoms with Crippen LogP contribution in [0.4, 0.5) is 10.1 Å². The Hall–Kier alpha value is -3.29. The number of anilines is 1. The van der Waals surface area contributed by atoms with Crippen molar-refractivity contribution in [2.45, 2.75) is 19.8 Å². The summed E-state index contributed by atoms with van der Waals surface area (Å²) in [6.45, 7) is 1.79. The first-order valence-corrected chi connectivity index (χ1v) is 8.20. The molecule has 0 saturated carbocycles. The van der Waals surface area contributed by atoms with E-state index in [1.54, 1.807) is 25.1 Å². The van der Waals surface area contributed by atoms with Crippen molar-refractivity contribution in [3.05, 3.63) is 59.2 Å². The molecule has 0 aliphatic heterocycles. The normalized spacial score (nSPS) is 10.2. The minimum atomic E-state index is -0.727. The molecule has 1 aromatic carbocycles. The number of carbonyl (C=O) groups excluding carboxylic acids is 3. The Morgan fingerprint density at radius 1 is 1.15 bits per heavy atom. The van der Waals surface area contributed by atoms with Crippen LogP contribution in [0.2, 0.25) is 0 Å². The molecule has 0 bridgehead atoms. The van der Waals surface area contributed by atoms with Crippen molar-refractivity contribution in [1.29, 1.82) is 0 Å². The van der Waals surface area contributed by atoms with E-state index >= 15 is 0 Å². The third-order valence-corrected chi connectivity index (χ3v) is 3.53. The smallest absolute Gasteiger partial charge is 0.358 e. The highest BCUT2D eigenvalue weighted by molar-refractivity contribution is 6.05. The average Bonchev–Trinajstić information content (AvgIpc) is 2.63. The van der Waals surface area contributed by atoms with Gasteiger partial charge in [0, 0.05) is 6.20 Å². The Labute approximate surface area is 155 Å². The quantitative estimate of drug-likeness (QED) is 0.591. The van der Waals surface area contributed by atoms with Gasteiger partial charge >= 0.3 is 11.9 Å². The number of rotatable bonds is 7. The van der Waals surface area contributed by atoms with Crippen molar-refractivity contribution >= 4 is 23.5 Å². The fourth-order valence-electron chi connectivity index (χ4n) is 2.33. The zero-order chi connectivity index (χ0) is 19.8. The number of ether oxygens (including phenoxy) is 2. The molecule has 8 heteroatoms. The van der Waals surface area contributed by atoms with Gasteiger partial charge in [-0.05, 0) is 42.7 Å². The van der Waals surface area contributed by atoms with Gasteiger partial charge in [0.2, 0.25) is 5.91 Å². The van der Waals surface area contributed by atoms with Gasteiger partial charge in [-0.1, -0.05) is 12.1 Å². The standard InChI is InChI=1S/C19H19FN2O5/c1-3-27-17(24)10-16(23)22-15-9-13(11-21-18(15)19(25)26-2)8-12-4-6-14(20)7-5-12/h4-7,9,11H,3,8,10H2,1-2H3,(H,22,23). The second-order valence-electron chi connectivity index (χ2n) is 5.56. The number of carbonyl (C=O) groups is 3. The summed E-state index contributed by atoms with van der Waals surface area (Å²) in [7, 11) is 1.20. The number of esters is 2. The van der Waals surface area contributed by atoms with E-state index in [1.807, 2.05) is 0 Å². The van der Waals surface area contributed by atoms with Crippen LogP contribution in [0, 0.1) is 5.82 Å². The first-order valence-electron chi connectivity index (χ1n) is 8.20. The topological polar surface area (TPSA) is 94.6 Å². The van der Waals surface area contributed by atoms with Crippen LogP contribution in [0.5, 0.6) is 0 Å². The van der Waals surface area contributed by atoms with Crippen LogP contribution in [-0.4, -0.2) is 36.5 Å². The Kier molecular flexibility index (Phi) is 6.99. The summed E-state index contributed by atoms with van der Waals surface area (Å²) in [4.78, 5) is 39.4. The summed E-state index contributed by atoms with van der Waals surface area (Å²) < 4.78 is 22.4. The number of pyridine rings is 1. The monoisotopic (exact) mass is 374 g/mol. The molecule has 0 spiro atoms. The van der Waals surface area contributed by atoms with Crippen molar-refractivity contribution in [3.8, 4) is 0 Å². The van der Waals surface area contributed by atoms with Gasteiger partial charge in [-0.15, -0.1) is 0 Å². The van der Waals surface area contributed by atoms with Crippen molar-refractivity contribution in [3.63, 3.8) is 0 Å². The number of hydrogen-bond acceptors (Lipinski definition) is 6. The van der Waals surface area contributed by atoms with E-state index < -0.39 is 24.3 Å². The van der Waals surface area contributed by atoms with Crippen LogP contribution in [-0.2, 0) is 25.5 Å². The fraction of sp³-hybridized carbons (Fsp3) is 0.263. The predicted molar refractivity (Wildman–Crippen MR) is 94.7 cm³/mol. The lowest BCUT2D eigenvalue weighted by Gasteiger charge is -2.11. The van der Waals surface area contributed by atoms with Gasteiger partial charge in [-0.25, -0.2) is 14.2 Å². The van der Waals surface area contributed by atoms with Crippen LogP contribution in [0.15, 0.2) is 36.5 Å². The molecule has 1 aromatic heterocycles. The summed E-state index contributed by atoms with van der Waals surface area (Å²) in [5.74, 6) is -2.39. The molecule has 142 valence electrons. The number of amides is 1. The Morgan fingerprint density at radius 3 is 2.48 bits per heavy atom. The number of aromatic nitrogens is 1. The predicted octanol–water partition coefficient (Wildman–Crippen LogP) is 2.49. The number of nitrogens with one attached hydrogen (secondary N) is 1. The molecule has 7 nitrogen and oxygen atoms in total. The summed E-state index contributed by atoms with van der Waals surface area (Å²) in [5.41, 5.74) is 1.54. The van der Waals surface area contributed by atoms with Gasteiger partial charge in [0.15, 0.2) is 5.69 Å². The van der Waals surface area contributed by atoms with Gasteiger partial charge in [0.1, 0.15) is 12.2 Å². The molecule has 0 aliphatic carbocycles. The Balaban J connectivity index is 2.22. The zero-order valence-corrected chi connectivity index (χ0v) is 15.0.